The summed E-state index contributed by atoms with van der Waals surface area (Å²) >= 11 is 3.02. The predicted molar refractivity (Wildman–Crippen MR) is 108 cm³/mol. The third kappa shape index (κ3) is 5.14. The molecule has 0 aliphatic carbocycles. The van der Waals surface area contributed by atoms with Crippen LogP contribution in [0.3, 0.4) is 0 Å². The molecular formula is C17H20N8O2S2. The van der Waals surface area contributed by atoms with Crippen molar-refractivity contribution in [1.82, 2.24) is 35.2 Å². The van der Waals surface area contributed by atoms with Gasteiger partial charge in [0.25, 0.3) is 0 Å². The molecule has 3 aromatic rings. The van der Waals surface area contributed by atoms with Crippen LogP contribution in [0, 0.1) is 5.92 Å². The van der Waals surface area contributed by atoms with E-state index >= 15 is 0 Å². The van der Waals surface area contributed by atoms with Crippen LogP contribution in [0.4, 0.5) is 5.13 Å². The van der Waals surface area contributed by atoms with Gasteiger partial charge in [-0.1, -0.05) is 35.2 Å². The Kier molecular flexibility index (Phi) is 6.42. The van der Waals surface area contributed by atoms with Crippen molar-refractivity contribution < 1.29 is 9.32 Å². The highest BCUT2D eigenvalue weighted by atomic mass is 32.2. The number of rotatable bonds is 7. The average Bonchev–Trinajstić information content (AvgIpc) is 3.39. The van der Waals surface area contributed by atoms with Crippen molar-refractivity contribution in [3.63, 3.8) is 0 Å². The molecule has 1 fully saturated rings. The van der Waals surface area contributed by atoms with Gasteiger partial charge in [0, 0.05) is 18.9 Å². The largest absolute Gasteiger partial charge is 0.337 e. The lowest BCUT2D eigenvalue weighted by atomic mass is 9.97. The molecule has 1 amide bonds. The van der Waals surface area contributed by atoms with Crippen molar-refractivity contribution in [2.24, 2.45) is 5.92 Å². The molecule has 29 heavy (non-hydrogen) atoms. The number of likely N-dealkylation sites (tertiary alicyclic amines) is 1. The van der Waals surface area contributed by atoms with E-state index in [0.29, 0.717) is 35.8 Å². The number of thioether (sulfide) groups is 1. The number of carbonyl (C=O) groups excluding carboxylic acids is 1. The number of hydrogen-bond acceptors (Lipinski definition) is 11. The molecule has 10 nitrogen and oxygen atoms in total. The van der Waals surface area contributed by atoms with Gasteiger partial charge >= 0.3 is 0 Å². The fourth-order valence-corrected chi connectivity index (χ4v) is 4.73. The summed E-state index contributed by atoms with van der Waals surface area (Å²) in [7, 11) is 0. The Morgan fingerprint density at radius 3 is 3.03 bits per heavy atom. The van der Waals surface area contributed by atoms with Gasteiger partial charge in [0.15, 0.2) is 4.34 Å². The Labute approximate surface area is 175 Å². The fourth-order valence-electron chi connectivity index (χ4n) is 3.08. The lowest BCUT2D eigenvalue weighted by Crippen LogP contribution is -2.40. The molecule has 3 aromatic heterocycles. The van der Waals surface area contributed by atoms with Gasteiger partial charge in [-0.15, -0.1) is 10.2 Å². The maximum absolute atomic E-state index is 12.6. The second kappa shape index (κ2) is 9.37. The number of amides is 1. The number of hydrogen-bond donors (Lipinski definition) is 1. The molecule has 0 unspecified atom stereocenters. The van der Waals surface area contributed by atoms with Crippen molar-refractivity contribution in [1.29, 1.82) is 0 Å². The third-order valence-electron chi connectivity index (χ3n) is 4.37. The van der Waals surface area contributed by atoms with Gasteiger partial charge in [-0.25, -0.2) is 9.97 Å². The van der Waals surface area contributed by atoms with E-state index in [1.165, 1.54) is 11.3 Å². The summed E-state index contributed by atoms with van der Waals surface area (Å²) in [4.78, 5) is 27.4. The molecule has 0 spiro atoms. The van der Waals surface area contributed by atoms with E-state index in [1.807, 2.05) is 0 Å². The monoisotopic (exact) mass is 432 g/mol. The van der Waals surface area contributed by atoms with E-state index in [9.17, 15) is 4.79 Å². The highest BCUT2D eigenvalue weighted by Gasteiger charge is 2.27. The molecular weight excluding hydrogens is 412 g/mol. The molecule has 0 saturated carbocycles. The Balaban J connectivity index is 1.33. The highest BCUT2D eigenvalue weighted by Crippen LogP contribution is 2.26. The van der Waals surface area contributed by atoms with E-state index in [-0.39, 0.29) is 11.8 Å². The van der Waals surface area contributed by atoms with E-state index in [2.05, 4.69) is 47.4 Å². The highest BCUT2D eigenvalue weighted by molar-refractivity contribution is 8.01. The Bertz CT molecular complexity index is 948. The first kappa shape index (κ1) is 19.9. The number of nitrogens with one attached hydrogen (secondary N) is 1. The lowest BCUT2D eigenvalue weighted by Gasteiger charge is -2.30. The Morgan fingerprint density at radius 1 is 1.34 bits per heavy atom. The van der Waals surface area contributed by atoms with Crippen molar-refractivity contribution >= 4 is 34.1 Å². The van der Waals surface area contributed by atoms with E-state index in [4.69, 9.17) is 4.52 Å². The van der Waals surface area contributed by atoms with Crippen LogP contribution in [0.2, 0.25) is 0 Å². The minimum Gasteiger partial charge on any atom is -0.337 e. The molecule has 1 saturated heterocycles. The van der Waals surface area contributed by atoms with Crippen molar-refractivity contribution in [2.45, 2.75) is 30.6 Å². The maximum Gasteiger partial charge on any atom is 0.241 e. The van der Waals surface area contributed by atoms with Crippen LogP contribution >= 0.6 is 23.1 Å². The minimum absolute atomic E-state index is 0.0252. The summed E-state index contributed by atoms with van der Waals surface area (Å²) < 4.78 is 6.20. The summed E-state index contributed by atoms with van der Waals surface area (Å²) in [6.07, 6.45) is 5.03. The Hall–Kier alpha value is -2.44. The molecule has 1 N–H and O–H groups in total. The second-order valence-corrected chi connectivity index (χ2v) is 8.94. The molecule has 0 aromatic carbocycles. The standard InChI is InChI=1S/C17H20N8O2S2/c1-2-28-17-23-22-16(29-17)21-15(26)11-5-3-8-25(9-11)10-12-20-14(24-27-12)13-18-6-4-7-19-13/h4,6-7,11H,2-3,5,8-10H2,1H3,(H,21,22,26)/t11-/m0/s1. The van der Waals surface area contributed by atoms with Crippen molar-refractivity contribution in [2.75, 3.05) is 24.2 Å². The van der Waals surface area contributed by atoms with Crippen LogP contribution in [0.1, 0.15) is 25.7 Å². The zero-order valence-electron chi connectivity index (χ0n) is 15.8. The van der Waals surface area contributed by atoms with Crippen molar-refractivity contribution in [3.8, 4) is 11.6 Å². The van der Waals surface area contributed by atoms with E-state index in [0.717, 1.165) is 29.5 Å². The fraction of sp³-hybridized carbons (Fsp3) is 0.471. The quantitative estimate of drug-likeness (QED) is 0.439. The van der Waals surface area contributed by atoms with Crippen molar-refractivity contribution in [3.05, 3.63) is 24.4 Å². The summed E-state index contributed by atoms with van der Waals surface area (Å²) in [5.74, 6) is 2.06. The van der Waals surface area contributed by atoms with E-state index < -0.39 is 0 Å². The molecule has 0 bridgehead atoms. The summed E-state index contributed by atoms with van der Waals surface area (Å²) in [6.45, 7) is 4.04. The first-order valence-corrected chi connectivity index (χ1v) is 11.1. The first-order chi connectivity index (χ1) is 14.2. The van der Waals surface area contributed by atoms with Gasteiger partial charge in [-0.3, -0.25) is 9.69 Å². The number of aromatic nitrogens is 6. The van der Waals surface area contributed by atoms with E-state index in [1.54, 1.807) is 30.2 Å². The zero-order valence-corrected chi connectivity index (χ0v) is 17.4. The normalized spacial score (nSPS) is 17.3. The minimum atomic E-state index is -0.116. The maximum atomic E-state index is 12.6. The zero-order chi connectivity index (χ0) is 20.1. The topological polar surface area (TPSA) is 123 Å². The van der Waals surface area contributed by atoms with Crippen LogP contribution < -0.4 is 5.32 Å². The first-order valence-electron chi connectivity index (χ1n) is 9.30. The van der Waals surface area contributed by atoms with Crippen LogP contribution in [0.25, 0.3) is 11.6 Å². The molecule has 1 aliphatic heterocycles. The number of nitrogens with zero attached hydrogens (tertiary/aromatic N) is 7. The predicted octanol–water partition coefficient (Wildman–Crippen LogP) is 2.34. The number of piperidine rings is 1. The molecule has 1 atom stereocenters. The number of carbonyl (C=O) groups is 1. The van der Waals surface area contributed by atoms with Crippen LogP contribution in [0.5, 0.6) is 0 Å². The van der Waals surface area contributed by atoms with Crippen LogP contribution in [-0.2, 0) is 11.3 Å². The SMILES string of the molecule is CCSc1nnc(NC(=O)[C@H]2CCCN(Cc3nc(-c4ncccn4)no3)C2)s1. The van der Waals surface area contributed by atoms with Crippen LogP contribution in [0.15, 0.2) is 27.3 Å². The molecule has 152 valence electrons. The molecule has 12 heteroatoms. The van der Waals surface area contributed by atoms with Gasteiger partial charge in [-0.2, -0.15) is 4.98 Å². The summed E-state index contributed by atoms with van der Waals surface area (Å²) in [5.41, 5.74) is 0. The Morgan fingerprint density at radius 2 is 2.21 bits per heavy atom. The smallest absolute Gasteiger partial charge is 0.241 e. The van der Waals surface area contributed by atoms with Gasteiger partial charge in [-0.05, 0) is 31.2 Å². The number of anilines is 1. The summed E-state index contributed by atoms with van der Waals surface area (Å²) in [5, 5.41) is 15.5. The molecule has 4 rings (SSSR count). The van der Waals surface area contributed by atoms with Gasteiger partial charge < -0.3 is 9.84 Å². The molecule has 1 aliphatic rings. The third-order valence-corrected chi connectivity index (χ3v) is 6.23. The second-order valence-electron chi connectivity index (χ2n) is 6.45. The molecule has 0 radical (unpaired) electrons. The van der Waals surface area contributed by atoms with Gasteiger partial charge in [0.1, 0.15) is 0 Å². The van der Waals surface area contributed by atoms with Crippen LogP contribution in [-0.4, -0.2) is 60.0 Å². The summed E-state index contributed by atoms with van der Waals surface area (Å²) in [6, 6.07) is 1.73. The molecule has 4 heterocycles. The van der Waals surface area contributed by atoms with Gasteiger partial charge in [0.2, 0.25) is 28.6 Å². The van der Waals surface area contributed by atoms with Gasteiger partial charge in [0.05, 0.1) is 12.5 Å². The lowest BCUT2D eigenvalue weighted by molar-refractivity contribution is -0.121. The average molecular weight is 433 g/mol.